The number of nitrogens with zero attached hydrogens (tertiary/aromatic N) is 1. The predicted octanol–water partition coefficient (Wildman–Crippen LogP) is 1.75. The highest BCUT2D eigenvalue weighted by Crippen LogP contribution is 2.20. The molecule has 0 saturated carbocycles. The highest BCUT2D eigenvalue weighted by atomic mass is 32.2. The van der Waals surface area contributed by atoms with Crippen LogP contribution in [-0.2, 0) is 14.7 Å². The Morgan fingerprint density at radius 2 is 2.10 bits per heavy atom. The summed E-state index contributed by atoms with van der Waals surface area (Å²) in [5.74, 6) is -0.117. The number of hydrogen-bond acceptors (Lipinski definition) is 6. The molecule has 1 aromatic carbocycles. The maximum atomic E-state index is 11.5. The minimum atomic E-state index is -3.13. The summed E-state index contributed by atoms with van der Waals surface area (Å²) in [6.07, 6.45) is 1.05. The first-order chi connectivity index (χ1) is 9.50. The van der Waals surface area contributed by atoms with Crippen LogP contribution >= 0.6 is 11.8 Å². The largest absolute Gasteiger partial charge is 0.437 e. The van der Waals surface area contributed by atoms with Gasteiger partial charge in [-0.05, 0) is 18.4 Å². The number of amides is 1. The highest BCUT2D eigenvalue weighted by Gasteiger charge is 2.34. The zero-order chi connectivity index (χ0) is 14.6. The third kappa shape index (κ3) is 3.97. The summed E-state index contributed by atoms with van der Waals surface area (Å²) in [5.41, 5.74) is 0.957. The molecule has 0 unspecified atom stereocenters. The van der Waals surface area contributed by atoms with Crippen LogP contribution in [0.5, 0.6) is 0 Å². The molecule has 0 bridgehead atoms. The molecule has 0 spiro atoms. The number of nitrogens with one attached hydrogen (secondary N) is 1. The first kappa shape index (κ1) is 14.9. The van der Waals surface area contributed by atoms with Crippen molar-refractivity contribution in [3.05, 3.63) is 30.3 Å². The molecular weight excluding hydrogens is 300 g/mol. The van der Waals surface area contributed by atoms with Crippen molar-refractivity contribution in [2.45, 2.75) is 5.25 Å². The SMILES string of the molecule is CS[C@@H]1CS(=O)(=O)C/C1=N\OC(=O)Nc1ccccc1. The van der Waals surface area contributed by atoms with E-state index in [-0.39, 0.29) is 16.8 Å². The number of rotatable bonds is 3. The van der Waals surface area contributed by atoms with Crippen LogP contribution in [0.4, 0.5) is 10.5 Å². The molecule has 0 aliphatic carbocycles. The monoisotopic (exact) mass is 314 g/mol. The minimum Gasteiger partial charge on any atom is -0.298 e. The fourth-order valence-electron chi connectivity index (χ4n) is 1.76. The van der Waals surface area contributed by atoms with E-state index in [1.165, 1.54) is 11.8 Å². The molecule has 20 heavy (non-hydrogen) atoms. The van der Waals surface area contributed by atoms with Crippen LogP contribution in [0.1, 0.15) is 0 Å². The fraction of sp³-hybridized carbons (Fsp3) is 0.333. The van der Waals surface area contributed by atoms with E-state index in [1.54, 1.807) is 30.5 Å². The summed E-state index contributed by atoms with van der Waals surface area (Å²) in [6.45, 7) is 0. The van der Waals surface area contributed by atoms with E-state index in [9.17, 15) is 13.2 Å². The van der Waals surface area contributed by atoms with Gasteiger partial charge < -0.3 is 0 Å². The van der Waals surface area contributed by atoms with Gasteiger partial charge in [-0.15, -0.1) is 0 Å². The Hall–Kier alpha value is -1.54. The third-order valence-corrected chi connectivity index (χ3v) is 5.49. The number of hydrogen-bond donors (Lipinski definition) is 1. The van der Waals surface area contributed by atoms with Crippen molar-refractivity contribution in [1.29, 1.82) is 0 Å². The molecule has 2 rings (SSSR count). The second-order valence-corrected chi connectivity index (χ2v) is 7.38. The lowest BCUT2D eigenvalue weighted by Crippen LogP contribution is -2.17. The topological polar surface area (TPSA) is 84.8 Å². The van der Waals surface area contributed by atoms with Gasteiger partial charge in [-0.1, -0.05) is 23.4 Å². The Labute approximate surface area is 121 Å². The van der Waals surface area contributed by atoms with Gasteiger partial charge in [0.05, 0.1) is 22.5 Å². The Morgan fingerprint density at radius 3 is 2.75 bits per heavy atom. The van der Waals surface area contributed by atoms with E-state index >= 15 is 0 Å². The second-order valence-electron chi connectivity index (χ2n) is 4.23. The molecule has 1 N–H and O–H groups in total. The summed E-state index contributed by atoms with van der Waals surface area (Å²) in [6, 6.07) is 8.78. The van der Waals surface area contributed by atoms with Crippen molar-refractivity contribution in [3.63, 3.8) is 0 Å². The molecule has 1 aromatic rings. The number of carbonyl (C=O) groups is 1. The predicted molar refractivity (Wildman–Crippen MR) is 79.9 cm³/mol. The lowest BCUT2D eigenvalue weighted by Gasteiger charge is -2.05. The van der Waals surface area contributed by atoms with E-state index in [0.29, 0.717) is 11.4 Å². The molecule has 1 saturated heterocycles. The molecule has 1 atom stereocenters. The quantitative estimate of drug-likeness (QED) is 0.678. The molecule has 1 fully saturated rings. The van der Waals surface area contributed by atoms with Crippen LogP contribution in [0.25, 0.3) is 0 Å². The maximum absolute atomic E-state index is 11.5. The van der Waals surface area contributed by atoms with Crippen molar-refractivity contribution in [1.82, 2.24) is 0 Å². The van der Waals surface area contributed by atoms with Crippen molar-refractivity contribution in [2.75, 3.05) is 23.1 Å². The fourth-order valence-corrected chi connectivity index (χ4v) is 4.90. The third-order valence-electron chi connectivity index (χ3n) is 2.70. The number of para-hydroxylation sites is 1. The van der Waals surface area contributed by atoms with Crippen LogP contribution in [0.2, 0.25) is 0 Å². The van der Waals surface area contributed by atoms with Gasteiger partial charge in [0.15, 0.2) is 9.84 Å². The van der Waals surface area contributed by atoms with E-state index in [4.69, 9.17) is 4.84 Å². The number of thioether (sulfide) groups is 1. The molecule has 0 radical (unpaired) electrons. The van der Waals surface area contributed by atoms with Crippen LogP contribution in [0, 0.1) is 0 Å². The average molecular weight is 314 g/mol. The first-order valence-corrected chi connectivity index (χ1v) is 8.94. The van der Waals surface area contributed by atoms with Gasteiger partial charge in [0.25, 0.3) is 0 Å². The van der Waals surface area contributed by atoms with Crippen molar-refractivity contribution in [2.24, 2.45) is 5.16 Å². The van der Waals surface area contributed by atoms with E-state index in [0.717, 1.165) is 0 Å². The summed E-state index contributed by atoms with van der Waals surface area (Å²) in [5, 5.41) is 5.92. The standard InChI is InChI=1S/C12H14N2O4S2/c1-19-11-8-20(16,17)7-10(11)14-18-12(15)13-9-5-3-2-4-6-9/h2-6,11H,7-8H2,1H3,(H,13,15)/b14-10+/t11-/m1/s1. The zero-order valence-corrected chi connectivity index (χ0v) is 12.4. The zero-order valence-electron chi connectivity index (χ0n) is 10.8. The molecule has 1 aliphatic heterocycles. The van der Waals surface area contributed by atoms with Crippen molar-refractivity contribution in [3.8, 4) is 0 Å². The Balaban J connectivity index is 1.97. The average Bonchev–Trinajstić information content (AvgIpc) is 2.72. The number of benzene rings is 1. The number of anilines is 1. The Kier molecular flexibility index (Phi) is 4.66. The first-order valence-electron chi connectivity index (χ1n) is 5.83. The molecule has 108 valence electrons. The summed E-state index contributed by atoms with van der Waals surface area (Å²) in [4.78, 5) is 16.2. The maximum Gasteiger partial charge on any atom is 0.437 e. The van der Waals surface area contributed by atoms with Crippen LogP contribution in [0.3, 0.4) is 0 Å². The highest BCUT2D eigenvalue weighted by molar-refractivity contribution is 8.02. The number of carbonyl (C=O) groups excluding carboxylic acids is 1. The van der Waals surface area contributed by atoms with E-state index < -0.39 is 15.9 Å². The molecule has 1 aliphatic rings. The number of sulfone groups is 1. The van der Waals surface area contributed by atoms with Crippen LogP contribution in [-0.4, -0.2) is 43.2 Å². The van der Waals surface area contributed by atoms with Gasteiger partial charge in [-0.3, -0.25) is 10.2 Å². The van der Waals surface area contributed by atoms with E-state index in [2.05, 4.69) is 10.5 Å². The Bertz CT molecular complexity index is 614. The van der Waals surface area contributed by atoms with Crippen molar-refractivity contribution < 1.29 is 18.0 Å². The summed E-state index contributed by atoms with van der Waals surface area (Å²) >= 11 is 1.38. The van der Waals surface area contributed by atoms with Crippen molar-refractivity contribution >= 4 is 39.1 Å². The van der Waals surface area contributed by atoms with Gasteiger partial charge in [0.2, 0.25) is 0 Å². The van der Waals surface area contributed by atoms with Gasteiger partial charge in [-0.25, -0.2) is 13.2 Å². The molecule has 1 heterocycles. The normalized spacial score (nSPS) is 22.6. The van der Waals surface area contributed by atoms with Crippen LogP contribution in [0.15, 0.2) is 35.5 Å². The van der Waals surface area contributed by atoms with Gasteiger partial charge in [0, 0.05) is 5.69 Å². The Morgan fingerprint density at radius 1 is 1.40 bits per heavy atom. The van der Waals surface area contributed by atoms with Gasteiger partial charge in [-0.2, -0.15) is 11.8 Å². The molecule has 6 nitrogen and oxygen atoms in total. The molecular formula is C12H14N2O4S2. The second kappa shape index (κ2) is 6.27. The molecule has 1 amide bonds. The van der Waals surface area contributed by atoms with Gasteiger partial charge in [0.1, 0.15) is 0 Å². The minimum absolute atomic E-state index is 0.0384. The lowest BCUT2D eigenvalue weighted by molar-refractivity contribution is 0.166. The van der Waals surface area contributed by atoms with Gasteiger partial charge >= 0.3 is 6.09 Å². The lowest BCUT2D eigenvalue weighted by atomic mass is 10.3. The molecule has 0 aromatic heterocycles. The molecule has 8 heteroatoms. The smallest absolute Gasteiger partial charge is 0.298 e. The number of oxime groups is 1. The summed E-state index contributed by atoms with van der Waals surface area (Å²) in [7, 11) is -3.13. The summed E-state index contributed by atoms with van der Waals surface area (Å²) < 4.78 is 23.0. The van der Waals surface area contributed by atoms with Crippen LogP contribution < -0.4 is 5.32 Å². The van der Waals surface area contributed by atoms with E-state index in [1.807, 2.05) is 6.07 Å².